The van der Waals surface area contributed by atoms with Gasteiger partial charge in [-0.2, -0.15) is 0 Å². The summed E-state index contributed by atoms with van der Waals surface area (Å²) in [6.07, 6.45) is 4.07. The Labute approximate surface area is 79.9 Å². The predicted molar refractivity (Wildman–Crippen MR) is 55.0 cm³/mol. The first kappa shape index (κ1) is 11.9. The maximum Gasteiger partial charge on any atom is 0.251 e. The molecule has 1 aliphatic rings. The molecule has 0 aromatic rings. The smallest absolute Gasteiger partial charge is 0.251 e. The normalized spacial score (nSPS) is 14.5. The first-order valence-corrected chi connectivity index (χ1v) is 4.64. The topological polar surface area (TPSA) is 46.3 Å². The van der Waals surface area contributed by atoms with E-state index in [1.54, 1.807) is 11.0 Å². The van der Waals surface area contributed by atoms with Crippen LogP contribution in [0.15, 0.2) is 24.4 Å². The van der Waals surface area contributed by atoms with Gasteiger partial charge in [-0.15, -0.1) is 0 Å². The standard InChI is InChI=1S/C8H12N2O.C2H6/c1-7-3-4-8(11)10(7)6-2-5-9;1-2/h3-4H,1-2,5-6,9H2;1-2H3. The van der Waals surface area contributed by atoms with E-state index in [4.69, 9.17) is 5.73 Å². The molecular formula is C10H18N2O. The summed E-state index contributed by atoms with van der Waals surface area (Å²) in [6.45, 7) is 9.01. The van der Waals surface area contributed by atoms with E-state index in [1.807, 2.05) is 13.8 Å². The molecule has 0 bridgehead atoms. The van der Waals surface area contributed by atoms with Crippen LogP contribution in [0.1, 0.15) is 20.3 Å². The first-order chi connectivity index (χ1) is 6.25. The lowest BCUT2D eigenvalue weighted by molar-refractivity contribution is -0.123. The van der Waals surface area contributed by atoms with Gasteiger partial charge in [-0.05, 0) is 19.0 Å². The van der Waals surface area contributed by atoms with Crippen LogP contribution in [0.25, 0.3) is 0 Å². The molecule has 3 heteroatoms. The molecule has 0 fully saturated rings. The van der Waals surface area contributed by atoms with Crippen LogP contribution in [-0.2, 0) is 4.79 Å². The van der Waals surface area contributed by atoms with Crippen molar-refractivity contribution in [3.8, 4) is 0 Å². The third-order valence-electron chi connectivity index (χ3n) is 1.62. The quantitative estimate of drug-likeness (QED) is 0.714. The molecule has 2 N–H and O–H groups in total. The van der Waals surface area contributed by atoms with Crippen LogP contribution in [0, 0.1) is 0 Å². The van der Waals surface area contributed by atoms with Crippen molar-refractivity contribution < 1.29 is 4.79 Å². The minimum Gasteiger partial charge on any atom is -0.330 e. The van der Waals surface area contributed by atoms with Crippen LogP contribution in [0.5, 0.6) is 0 Å². The Morgan fingerprint density at radius 1 is 1.46 bits per heavy atom. The summed E-state index contributed by atoms with van der Waals surface area (Å²) in [5.41, 5.74) is 6.08. The van der Waals surface area contributed by atoms with Gasteiger partial charge in [-0.1, -0.05) is 20.4 Å². The molecule has 0 aliphatic carbocycles. The van der Waals surface area contributed by atoms with Crippen molar-refractivity contribution >= 4 is 5.91 Å². The monoisotopic (exact) mass is 182 g/mol. The lowest BCUT2D eigenvalue weighted by Gasteiger charge is -2.15. The molecule has 1 aliphatic heterocycles. The van der Waals surface area contributed by atoms with Crippen molar-refractivity contribution in [3.05, 3.63) is 24.4 Å². The minimum absolute atomic E-state index is 0.0171. The third-order valence-corrected chi connectivity index (χ3v) is 1.62. The summed E-state index contributed by atoms with van der Waals surface area (Å²) in [6, 6.07) is 0. The molecule has 1 amide bonds. The fraction of sp³-hybridized carbons (Fsp3) is 0.500. The molecule has 0 atom stereocenters. The lowest BCUT2D eigenvalue weighted by Crippen LogP contribution is -2.26. The Balaban J connectivity index is 0.000000671. The molecule has 0 saturated carbocycles. The van der Waals surface area contributed by atoms with Crippen LogP contribution in [0.4, 0.5) is 0 Å². The van der Waals surface area contributed by atoms with Gasteiger partial charge in [0.05, 0.1) is 0 Å². The average Bonchev–Trinajstić information content (AvgIpc) is 2.47. The molecule has 0 unspecified atom stereocenters. The number of amides is 1. The Morgan fingerprint density at radius 3 is 2.46 bits per heavy atom. The van der Waals surface area contributed by atoms with Gasteiger partial charge in [-0.25, -0.2) is 0 Å². The van der Waals surface area contributed by atoms with Crippen molar-refractivity contribution in [3.63, 3.8) is 0 Å². The molecule has 74 valence electrons. The Kier molecular flexibility index (Phi) is 5.89. The SMILES string of the molecule is C=C1C=CC(=O)N1CCCN.CC. The van der Waals surface area contributed by atoms with Gasteiger partial charge in [0.25, 0.3) is 5.91 Å². The van der Waals surface area contributed by atoms with Gasteiger partial charge in [-0.3, -0.25) is 4.79 Å². The molecule has 0 radical (unpaired) electrons. The van der Waals surface area contributed by atoms with Gasteiger partial charge in [0.2, 0.25) is 0 Å². The van der Waals surface area contributed by atoms with Crippen LogP contribution in [0.3, 0.4) is 0 Å². The number of nitrogens with zero attached hydrogens (tertiary/aromatic N) is 1. The molecular weight excluding hydrogens is 164 g/mol. The largest absolute Gasteiger partial charge is 0.330 e. The van der Waals surface area contributed by atoms with Gasteiger partial charge in [0.1, 0.15) is 0 Å². The Bertz CT molecular complexity index is 191. The van der Waals surface area contributed by atoms with Crippen molar-refractivity contribution in [1.82, 2.24) is 4.90 Å². The molecule has 0 aromatic heterocycles. The first-order valence-electron chi connectivity index (χ1n) is 4.64. The number of nitrogens with two attached hydrogens (primary N) is 1. The second-order valence-corrected chi connectivity index (χ2v) is 2.46. The lowest BCUT2D eigenvalue weighted by atomic mass is 10.4. The van der Waals surface area contributed by atoms with Gasteiger partial charge in [0.15, 0.2) is 0 Å². The minimum atomic E-state index is 0.0171. The van der Waals surface area contributed by atoms with E-state index in [0.29, 0.717) is 13.1 Å². The van der Waals surface area contributed by atoms with E-state index < -0.39 is 0 Å². The molecule has 3 nitrogen and oxygen atoms in total. The van der Waals surface area contributed by atoms with E-state index in [9.17, 15) is 4.79 Å². The van der Waals surface area contributed by atoms with Crippen LogP contribution < -0.4 is 5.73 Å². The van der Waals surface area contributed by atoms with E-state index in [1.165, 1.54) is 6.08 Å². The fourth-order valence-corrected chi connectivity index (χ4v) is 0.992. The zero-order valence-electron chi connectivity index (χ0n) is 8.42. The summed E-state index contributed by atoms with van der Waals surface area (Å²) in [5, 5.41) is 0. The summed E-state index contributed by atoms with van der Waals surface area (Å²) >= 11 is 0. The second kappa shape index (κ2) is 6.43. The summed E-state index contributed by atoms with van der Waals surface area (Å²) in [4.78, 5) is 12.7. The highest BCUT2D eigenvalue weighted by Gasteiger charge is 2.16. The van der Waals surface area contributed by atoms with Crippen LogP contribution in [0.2, 0.25) is 0 Å². The van der Waals surface area contributed by atoms with Crippen molar-refractivity contribution in [2.45, 2.75) is 20.3 Å². The summed E-state index contributed by atoms with van der Waals surface area (Å²) in [7, 11) is 0. The maximum absolute atomic E-state index is 11.0. The summed E-state index contributed by atoms with van der Waals surface area (Å²) in [5.74, 6) is 0.0171. The van der Waals surface area contributed by atoms with E-state index in [0.717, 1.165) is 12.1 Å². The van der Waals surface area contributed by atoms with Crippen molar-refractivity contribution in [1.29, 1.82) is 0 Å². The number of hydrogen-bond acceptors (Lipinski definition) is 2. The average molecular weight is 182 g/mol. The second-order valence-electron chi connectivity index (χ2n) is 2.46. The van der Waals surface area contributed by atoms with E-state index in [2.05, 4.69) is 6.58 Å². The third kappa shape index (κ3) is 3.42. The summed E-state index contributed by atoms with van der Waals surface area (Å²) < 4.78 is 0. The number of rotatable bonds is 3. The van der Waals surface area contributed by atoms with Crippen LogP contribution in [-0.4, -0.2) is 23.9 Å². The van der Waals surface area contributed by atoms with Crippen molar-refractivity contribution in [2.75, 3.05) is 13.1 Å². The molecule has 13 heavy (non-hydrogen) atoms. The molecule has 1 heterocycles. The highest BCUT2D eigenvalue weighted by atomic mass is 16.2. The molecule has 0 saturated heterocycles. The number of carbonyl (C=O) groups is 1. The molecule has 0 spiro atoms. The van der Waals surface area contributed by atoms with Crippen LogP contribution >= 0.6 is 0 Å². The van der Waals surface area contributed by atoms with Gasteiger partial charge < -0.3 is 10.6 Å². The fourth-order valence-electron chi connectivity index (χ4n) is 0.992. The number of hydrogen-bond donors (Lipinski definition) is 1. The van der Waals surface area contributed by atoms with E-state index >= 15 is 0 Å². The highest BCUT2D eigenvalue weighted by Crippen LogP contribution is 2.12. The maximum atomic E-state index is 11.0. The molecule has 1 rings (SSSR count). The van der Waals surface area contributed by atoms with E-state index in [-0.39, 0.29) is 5.91 Å². The predicted octanol–water partition coefficient (Wildman–Crippen LogP) is 1.27. The van der Waals surface area contributed by atoms with Gasteiger partial charge >= 0.3 is 0 Å². The zero-order valence-corrected chi connectivity index (χ0v) is 8.42. The molecule has 0 aromatic carbocycles. The van der Waals surface area contributed by atoms with Crippen molar-refractivity contribution in [2.24, 2.45) is 5.73 Å². The Morgan fingerprint density at radius 2 is 2.08 bits per heavy atom. The Hall–Kier alpha value is -1.09. The zero-order chi connectivity index (χ0) is 10.3. The number of carbonyl (C=O) groups excluding carboxylic acids is 1. The highest BCUT2D eigenvalue weighted by molar-refractivity contribution is 5.92. The number of allylic oxidation sites excluding steroid dienone is 1. The van der Waals surface area contributed by atoms with Gasteiger partial charge in [0, 0.05) is 18.3 Å².